The third-order valence-corrected chi connectivity index (χ3v) is 5.53. The van der Waals surface area contributed by atoms with E-state index in [1.807, 2.05) is 43.3 Å². The van der Waals surface area contributed by atoms with Gasteiger partial charge in [-0.3, -0.25) is 4.90 Å². The molecule has 172 valence electrons. The van der Waals surface area contributed by atoms with E-state index in [1.54, 1.807) is 18.3 Å². The summed E-state index contributed by atoms with van der Waals surface area (Å²) in [5, 5.41) is 6.50. The molecule has 8 heteroatoms. The van der Waals surface area contributed by atoms with E-state index in [0.717, 1.165) is 29.2 Å². The summed E-state index contributed by atoms with van der Waals surface area (Å²) in [4.78, 5) is 23.0. The largest absolute Gasteiger partial charge is 0.492 e. The molecule has 3 aromatic rings. The van der Waals surface area contributed by atoms with Gasteiger partial charge in [0.2, 0.25) is 5.95 Å². The van der Waals surface area contributed by atoms with Crippen molar-refractivity contribution in [1.82, 2.24) is 14.9 Å². The number of nitrogens with one attached hydrogen (secondary N) is 2. The predicted octanol–water partition coefficient (Wildman–Crippen LogP) is 4.53. The Morgan fingerprint density at radius 1 is 1.00 bits per heavy atom. The minimum absolute atomic E-state index is 0.366. The number of nitrogens with zero attached hydrogens (tertiary/aromatic N) is 3. The summed E-state index contributed by atoms with van der Waals surface area (Å²) in [6.45, 7) is 5.96. The van der Waals surface area contributed by atoms with Gasteiger partial charge in [0.1, 0.15) is 18.2 Å². The highest BCUT2D eigenvalue weighted by atomic mass is 16.5. The molecule has 33 heavy (non-hydrogen) atoms. The number of esters is 1. The summed E-state index contributed by atoms with van der Waals surface area (Å²) in [5.41, 5.74) is 3.08. The molecule has 0 bridgehead atoms. The van der Waals surface area contributed by atoms with Gasteiger partial charge in [0.15, 0.2) is 0 Å². The van der Waals surface area contributed by atoms with Crippen LogP contribution in [0, 0.1) is 6.92 Å². The highest BCUT2D eigenvalue weighted by Crippen LogP contribution is 2.23. The van der Waals surface area contributed by atoms with Crippen LogP contribution >= 0.6 is 0 Å². The van der Waals surface area contributed by atoms with Crippen LogP contribution in [0.15, 0.2) is 54.7 Å². The van der Waals surface area contributed by atoms with Crippen LogP contribution in [0.3, 0.4) is 0 Å². The summed E-state index contributed by atoms with van der Waals surface area (Å²) in [6.07, 6.45) is 4.34. The Kier molecular flexibility index (Phi) is 7.36. The first-order chi connectivity index (χ1) is 16.1. The van der Waals surface area contributed by atoms with Crippen molar-refractivity contribution in [3.63, 3.8) is 0 Å². The number of aromatic nitrogens is 2. The second-order valence-electron chi connectivity index (χ2n) is 7.97. The molecule has 0 amide bonds. The average molecular weight is 448 g/mol. The number of carbonyl (C=O) groups excluding carboxylic acids is 1. The first kappa shape index (κ1) is 22.5. The van der Waals surface area contributed by atoms with Crippen LogP contribution in [-0.2, 0) is 4.74 Å². The van der Waals surface area contributed by atoms with Gasteiger partial charge in [-0.15, -0.1) is 0 Å². The van der Waals surface area contributed by atoms with Crippen LogP contribution < -0.4 is 15.4 Å². The van der Waals surface area contributed by atoms with E-state index >= 15 is 0 Å². The van der Waals surface area contributed by atoms with E-state index in [4.69, 9.17) is 9.47 Å². The number of hydrogen-bond acceptors (Lipinski definition) is 8. The summed E-state index contributed by atoms with van der Waals surface area (Å²) in [6, 6.07) is 14.8. The number of carbonyl (C=O) groups is 1. The van der Waals surface area contributed by atoms with Gasteiger partial charge >= 0.3 is 5.97 Å². The second kappa shape index (κ2) is 10.8. The molecule has 1 aliphatic heterocycles. The lowest BCUT2D eigenvalue weighted by molar-refractivity contribution is 0.0601. The molecule has 2 aromatic carbocycles. The lowest BCUT2D eigenvalue weighted by Crippen LogP contribution is -2.25. The highest BCUT2D eigenvalue weighted by molar-refractivity contribution is 5.89. The van der Waals surface area contributed by atoms with Gasteiger partial charge in [-0.2, -0.15) is 4.98 Å². The quantitative estimate of drug-likeness (QED) is 0.463. The molecule has 0 spiro atoms. The fraction of sp³-hybridized carbons (Fsp3) is 0.320. The second-order valence-corrected chi connectivity index (χ2v) is 7.97. The van der Waals surface area contributed by atoms with Gasteiger partial charge in [0, 0.05) is 29.7 Å². The lowest BCUT2D eigenvalue weighted by Gasteiger charge is -2.15. The summed E-state index contributed by atoms with van der Waals surface area (Å²) in [5.74, 6) is 1.65. The fourth-order valence-electron chi connectivity index (χ4n) is 3.64. The van der Waals surface area contributed by atoms with Crippen molar-refractivity contribution in [1.29, 1.82) is 0 Å². The van der Waals surface area contributed by atoms with Crippen LogP contribution in [0.5, 0.6) is 5.75 Å². The van der Waals surface area contributed by atoms with E-state index in [9.17, 15) is 4.79 Å². The number of likely N-dealkylation sites (tertiary alicyclic amines) is 1. The van der Waals surface area contributed by atoms with Crippen molar-refractivity contribution in [2.75, 3.05) is 44.0 Å². The highest BCUT2D eigenvalue weighted by Gasteiger charge is 2.11. The number of hydrogen-bond donors (Lipinski definition) is 2. The molecule has 1 aliphatic rings. The van der Waals surface area contributed by atoms with Gasteiger partial charge in [-0.25, -0.2) is 9.78 Å². The van der Waals surface area contributed by atoms with Gasteiger partial charge in [-0.1, -0.05) is 0 Å². The predicted molar refractivity (Wildman–Crippen MR) is 129 cm³/mol. The zero-order valence-corrected chi connectivity index (χ0v) is 19.0. The topological polar surface area (TPSA) is 88.6 Å². The van der Waals surface area contributed by atoms with E-state index in [0.29, 0.717) is 23.9 Å². The van der Waals surface area contributed by atoms with Crippen LogP contribution in [0.1, 0.15) is 28.8 Å². The monoisotopic (exact) mass is 447 g/mol. The Morgan fingerprint density at radius 2 is 1.67 bits per heavy atom. The van der Waals surface area contributed by atoms with Gasteiger partial charge in [0.25, 0.3) is 0 Å². The van der Waals surface area contributed by atoms with E-state index in [2.05, 4.69) is 25.5 Å². The molecule has 0 aliphatic carbocycles. The Hall–Kier alpha value is -3.65. The zero-order valence-electron chi connectivity index (χ0n) is 19.0. The van der Waals surface area contributed by atoms with Crippen molar-refractivity contribution in [3.05, 3.63) is 65.9 Å². The molecule has 2 heterocycles. The molecule has 8 nitrogen and oxygen atoms in total. The van der Waals surface area contributed by atoms with Crippen molar-refractivity contribution in [2.45, 2.75) is 19.8 Å². The van der Waals surface area contributed by atoms with Crippen LogP contribution in [-0.4, -0.2) is 54.2 Å². The Balaban J connectivity index is 1.34. The normalized spacial score (nSPS) is 13.5. The molecule has 1 fully saturated rings. The molecule has 1 saturated heterocycles. The molecule has 0 radical (unpaired) electrons. The fourth-order valence-corrected chi connectivity index (χ4v) is 3.64. The third kappa shape index (κ3) is 6.20. The number of anilines is 4. The van der Waals surface area contributed by atoms with Crippen LogP contribution in [0.25, 0.3) is 0 Å². The number of methoxy groups -OCH3 is 1. The maximum atomic E-state index is 11.6. The maximum absolute atomic E-state index is 11.6. The summed E-state index contributed by atoms with van der Waals surface area (Å²) in [7, 11) is 1.36. The molecular formula is C25H29N5O3. The first-order valence-electron chi connectivity index (χ1n) is 11.1. The van der Waals surface area contributed by atoms with Crippen LogP contribution in [0.2, 0.25) is 0 Å². The Labute approximate surface area is 194 Å². The number of ether oxygens (including phenoxy) is 2. The molecule has 0 unspecified atom stereocenters. The summed E-state index contributed by atoms with van der Waals surface area (Å²) >= 11 is 0. The lowest BCUT2D eigenvalue weighted by atomic mass is 10.2. The minimum atomic E-state index is -0.366. The van der Waals surface area contributed by atoms with Gasteiger partial charge < -0.3 is 20.1 Å². The molecule has 2 N–H and O–H groups in total. The maximum Gasteiger partial charge on any atom is 0.337 e. The minimum Gasteiger partial charge on any atom is -0.492 e. The molecular weight excluding hydrogens is 418 g/mol. The first-order valence-corrected chi connectivity index (χ1v) is 11.1. The molecule has 1 aromatic heterocycles. The molecule has 0 atom stereocenters. The van der Waals surface area contributed by atoms with Crippen LogP contribution in [0.4, 0.5) is 23.1 Å². The third-order valence-electron chi connectivity index (χ3n) is 5.53. The van der Waals surface area contributed by atoms with Gasteiger partial charge in [-0.05, 0) is 81.4 Å². The van der Waals surface area contributed by atoms with Gasteiger partial charge in [0.05, 0.1) is 12.7 Å². The Morgan fingerprint density at radius 3 is 2.36 bits per heavy atom. The van der Waals surface area contributed by atoms with Crippen molar-refractivity contribution in [2.24, 2.45) is 0 Å². The SMILES string of the molecule is COC(=O)c1ccc(Nc2nc(Nc3ccc(OCCN4CCCC4)cc3)ncc2C)cc1. The van der Waals surface area contributed by atoms with Crippen molar-refractivity contribution < 1.29 is 14.3 Å². The van der Waals surface area contributed by atoms with Crippen molar-refractivity contribution >= 4 is 29.1 Å². The zero-order chi connectivity index (χ0) is 23.0. The van der Waals surface area contributed by atoms with E-state index in [1.165, 1.54) is 33.0 Å². The number of aryl methyl sites for hydroxylation is 1. The standard InChI is InChI=1S/C25H29N5O3/c1-18-17-26-25(29-23(18)27-20-7-5-19(6-8-20)24(31)32-2)28-21-9-11-22(12-10-21)33-16-15-30-13-3-4-14-30/h5-12,17H,3-4,13-16H2,1-2H3,(H2,26,27,28,29). The molecule has 4 rings (SSSR count). The summed E-state index contributed by atoms with van der Waals surface area (Å²) < 4.78 is 10.6. The van der Waals surface area contributed by atoms with Crippen molar-refractivity contribution in [3.8, 4) is 5.75 Å². The van der Waals surface area contributed by atoms with E-state index < -0.39 is 0 Å². The Bertz CT molecular complexity index is 1060. The average Bonchev–Trinajstić information content (AvgIpc) is 3.36. The number of rotatable bonds is 9. The van der Waals surface area contributed by atoms with E-state index in [-0.39, 0.29) is 5.97 Å². The molecule has 0 saturated carbocycles. The smallest absolute Gasteiger partial charge is 0.337 e. The number of benzene rings is 2.